The minimum absolute atomic E-state index is 0.321. The lowest BCUT2D eigenvalue weighted by Gasteiger charge is -2.32. The molecule has 2 aromatic heterocycles. The topological polar surface area (TPSA) is 78.8 Å². The van der Waals surface area contributed by atoms with E-state index >= 15 is 0 Å². The van der Waals surface area contributed by atoms with Crippen molar-refractivity contribution in [3.05, 3.63) is 33.3 Å². The van der Waals surface area contributed by atoms with Gasteiger partial charge in [0.05, 0.1) is 16.3 Å². The Morgan fingerprint density at radius 3 is 2.88 bits per heavy atom. The van der Waals surface area contributed by atoms with Gasteiger partial charge >= 0.3 is 0 Å². The number of aryl methyl sites for hydroxylation is 2. The minimum atomic E-state index is 0.321. The summed E-state index contributed by atoms with van der Waals surface area (Å²) in [5.41, 5.74) is 7.67. The van der Waals surface area contributed by atoms with E-state index < -0.39 is 0 Å². The lowest BCUT2D eigenvalue weighted by molar-refractivity contribution is 0.504. The maximum absolute atomic E-state index is 9.00. The van der Waals surface area contributed by atoms with Crippen molar-refractivity contribution in [2.45, 2.75) is 44.4 Å². The van der Waals surface area contributed by atoms with E-state index in [9.17, 15) is 0 Å². The first kappa shape index (κ1) is 15.4. The van der Waals surface area contributed by atoms with Gasteiger partial charge in [-0.2, -0.15) is 5.26 Å². The fourth-order valence-electron chi connectivity index (χ4n) is 3.67. The van der Waals surface area contributed by atoms with Crippen molar-refractivity contribution in [2.75, 3.05) is 23.7 Å². The van der Waals surface area contributed by atoms with Gasteiger partial charge in [0.1, 0.15) is 17.7 Å². The molecule has 0 aromatic carbocycles. The van der Waals surface area contributed by atoms with Gasteiger partial charge < -0.3 is 10.6 Å². The highest BCUT2D eigenvalue weighted by molar-refractivity contribution is 7.11. The van der Waals surface area contributed by atoms with Crippen LogP contribution < -0.4 is 10.6 Å². The number of nitrogens with two attached hydrogens (primary N) is 1. The fourth-order valence-corrected chi connectivity index (χ4v) is 4.95. The number of aromatic nitrogens is 2. The number of piperidine rings is 1. The van der Waals surface area contributed by atoms with E-state index in [1.165, 1.54) is 41.3 Å². The molecule has 2 aromatic rings. The van der Waals surface area contributed by atoms with Gasteiger partial charge in [-0.05, 0) is 50.7 Å². The highest BCUT2D eigenvalue weighted by atomic mass is 32.1. The molecule has 3 heterocycles. The molecule has 1 saturated heterocycles. The molecule has 1 atom stereocenters. The minimum Gasteiger partial charge on any atom is -0.383 e. The van der Waals surface area contributed by atoms with Crippen LogP contribution in [0, 0.1) is 11.3 Å². The van der Waals surface area contributed by atoms with E-state index in [4.69, 9.17) is 16.0 Å². The molecule has 24 heavy (non-hydrogen) atoms. The summed E-state index contributed by atoms with van der Waals surface area (Å²) in [5, 5.41) is 10.3. The zero-order valence-corrected chi connectivity index (χ0v) is 14.5. The number of anilines is 2. The monoisotopic (exact) mass is 339 g/mol. The molecule has 1 aliphatic heterocycles. The fraction of sp³-hybridized carbons (Fsp3) is 0.500. The maximum atomic E-state index is 9.00. The normalized spacial score (nSPS) is 20.5. The van der Waals surface area contributed by atoms with Crippen LogP contribution in [0.15, 0.2) is 12.1 Å². The molecule has 0 bridgehead atoms. The number of nitrogens with zero attached hydrogens (tertiary/aromatic N) is 4. The summed E-state index contributed by atoms with van der Waals surface area (Å²) in [6.07, 6.45) is 7.26. The Morgan fingerprint density at radius 1 is 1.21 bits per heavy atom. The molecule has 0 spiro atoms. The summed E-state index contributed by atoms with van der Waals surface area (Å²) in [6.45, 7) is 1.92. The molecular formula is C18H21N5S. The quantitative estimate of drug-likeness (QED) is 0.908. The van der Waals surface area contributed by atoms with Crippen LogP contribution in [0.25, 0.3) is 0 Å². The zero-order chi connectivity index (χ0) is 16.5. The van der Waals surface area contributed by atoms with Gasteiger partial charge in [0, 0.05) is 23.9 Å². The standard InChI is InChI=1S/C18H21N5S/c19-10-12-7-8-16(22-17(12)20)23-9-3-4-13(11-23)18-21-14-5-1-2-6-15(14)24-18/h7-8,13H,1-6,9,11H2,(H2,20,22). The van der Waals surface area contributed by atoms with Crippen molar-refractivity contribution >= 4 is 23.0 Å². The van der Waals surface area contributed by atoms with E-state index in [2.05, 4.69) is 16.0 Å². The van der Waals surface area contributed by atoms with Crippen LogP contribution in [0.1, 0.15) is 52.7 Å². The number of pyridine rings is 1. The maximum Gasteiger partial charge on any atom is 0.143 e. The Balaban J connectivity index is 1.54. The number of fused-ring (bicyclic) bond motifs is 1. The number of thiazole rings is 1. The van der Waals surface area contributed by atoms with Crippen LogP contribution >= 0.6 is 11.3 Å². The van der Waals surface area contributed by atoms with Crippen LogP contribution in [0.4, 0.5) is 11.6 Å². The second-order valence-electron chi connectivity index (χ2n) is 6.63. The van der Waals surface area contributed by atoms with E-state index in [-0.39, 0.29) is 0 Å². The van der Waals surface area contributed by atoms with Crippen LogP contribution in [0.2, 0.25) is 0 Å². The van der Waals surface area contributed by atoms with Crippen LogP contribution in [-0.4, -0.2) is 23.1 Å². The summed E-state index contributed by atoms with van der Waals surface area (Å²) in [6, 6.07) is 5.75. The molecule has 0 saturated carbocycles. The van der Waals surface area contributed by atoms with Crippen molar-refractivity contribution in [3.63, 3.8) is 0 Å². The molecule has 1 aliphatic carbocycles. The van der Waals surface area contributed by atoms with E-state index in [1.807, 2.05) is 17.4 Å². The number of hydrogen-bond acceptors (Lipinski definition) is 6. The van der Waals surface area contributed by atoms with Crippen LogP contribution in [0.3, 0.4) is 0 Å². The molecule has 4 rings (SSSR count). The highest BCUT2D eigenvalue weighted by Gasteiger charge is 2.27. The Hall–Kier alpha value is -2.13. The average Bonchev–Trinajstić information content (AvgIpc) is 3.06. The summed E-state index contributed by atoms with van der Waals surface area (Å²) >= 11 is 1.92. The lowest BCUT2D eigenvalue weighted by atomic mass is 9.98. The molecule has 0 amide bonds. The Kier molecular flexibility index (Phi) is 4.11. The van der Waals surface area contributed by atoms with Crippen molar-refractivity contribution in [1.82, 2.24) is 9.97 Å². The molecule has 124 valence electrons. The van der Waals surface area contributed by atoms with Gasteiger partial charge in [-0.15, -0.1) is 11.3 Å². The van der Waals surface area contributed by atoms with Gasteiger partial charge in [0.25, 0.3) is 0 Å². The van der Waals surface area contributed by atoms with E-state index in [1.54, 1.807) is 6.07 Å². The van der Waals surface area contributed by atoms with Crippen LogP contribution in [-0.2, 0) is 12.8 Å². The molecule has 1 unspecified atom stereocenters. The van der Waals surface area contributed by atoms with Gasteiger partial charge in [0.2, 0.25) is 0 Å². The third kappa shape index (κ3) is 2.84. The number of rotatable bonds is 2. The predicted molar refractivity (Wildman–Crippen MR) is 96.3 cm³/mol. The van der Waals surface area contributed by atoms with Crippen molar-refractivity contribution < 1.29 is 0 Å². The predicted octanol–water partition coefficient (Wildman–Crippen LogP) is 3.25. The van der Waals surface area contributed by atoms with Crippen molar-refractivity contribution in [2.24, 2.45) is 0 Å². The molecule has 5 nitrogen and oxygen atoms in total. The lowest BCUT2D eigenvalue weighted by Crippen LogP contribution is -2.35. The molecule has 0 radical (unpaired) electrons. The zero-order valence-electron chi connectivity index (χ0n) is 13.7. The van der Waals surface area contributed by atoms with E-state index in [0.29, 0.717) is 17.3 Å². The summed E-state index contributed by atoms with van der Waals surface area (Å²) in [5.74, 6) is 1.67. The average molecular weight is 339 g/mol. The second kappa shape index (κ2) is 6.40. The number of nitrogen functional groups attached to an aromatic ring is 1. The molecule has 2 aliphatic rings. The Labute approximate surface area is 146 Å². The molecule has 1 fully saturated rings. The summed E-state index contributed by atoms with van der Waals surface area (Å²) in [7, 11) is 0. The number of nitriles is 1. The Bertz CT molecular complexity index is 768. The largest absolute Gasteiger partial charge is 0.383 e. The van der Waals surface area contributed by atoms with Gasteiger partial charge in [0.15, 0.2) is 0 Å². The smallest absolute Gasteiger partial charge is 0.143 e. The first-order valence-electron chi connectivity index (χ1n) is 8.64. The molecule has 2 N–H and O–H groups in total. The van der Waals surface area contributed by atoms with Crippen LogP contribution in [0.5, 0.6) is 0 Å². The Morgan fingerprint density at radius 2 is 2.08 bits per heavy atom. The molecular weight excluding hydrogens is 318 g/mol. The highest BCUT2D eigenvalue weighted by Crippen LogP contribution is 2.35. The first-order valence-corrected chi connectivity index (χ1v) is 9.46. The second-order valence-corrected chi connectivity index (χ2v) is 7.74. The van der Waals surface area contributed by atoms with Gasteiger partial charge in [-0.25, -0.2) is 9.97 Å². The third-order valence-electron chi connectivity index (χ3n) is 4.99. The molecule has 6 heteroatoms. The number of hydrogen-bond donors (Lipinski definition) is 1. The first-order chi connectivity index (χ1) is 11.7. The summed E-state index contributed by atoms with van der Waals surface area (Å²) < 4.78 is 0. The van der Waals surface area contributed by atoms with Crippen molar-refractivity contribution in [3.8, 4) is 6.07 Å². The van der Waals surface area contributed by atoms with Gasteiger partial charge in [-0.3, -0.25) is 0 Å². The van der Waals surface area contributed by atoms with E-state index in [0.717, 1.165) is 31.7 Å². The van der Waals surface area contributed by atoms with Crippen molar-refractivity contribution in [1.29, 1.82) is 5.26 Å². The SMILES string of the molecule is N#Cc1ccc(N2CCCC(c3nc4c(s3)CCCC4)C2)nc1N. The van der Waals surface area contributed by atoms with Gasteiger partial charge in [-0.1, -0.05) is 0 Å². The third-order valence-corrected chi connectivity index (χ3v) is 6.31. The summed E-state index contributed by atoms with van der Waals surface area (Å²) in [4.78, 5) is 13.2.